The van der Waals surface area contributed by atoms with Crippen LogP contribution in [0.1, 0.15) is 50.6 Å². The summed E-state index contributed by atoms with van der Waals surface area (Å²) < 4.78 is 18.6. The molecule has 4 rings (SSSR count). The second-order valence-electron chi connectivity index (χ2n) is 8.60. The van der Waals surface area contributed by atoms with E-state index in [-0.39, 0.29) is 24.4 Å². The van der Waals surface area contributed by atoms with E-state index in [9.17, 15) is 9.18 Å². The van der Waals surface area contributed by atoms with Crippen LogP contribution in [0.4, 0.5) is 4.39 Å². The van der Waals surface area contributed by atoms with Crippen LogP contribution in [-0.4, -0.2) is 34.5 Å². The number of rotatable bonds is 8. The minimum Gasteiger partial charge on any atom is -0.441 e. The normalized spacial score (nSPS) is 20.1. The quantitative estimate of drug-likeness (QED) is 0.539. The molecule has 1 aliphatic carbocycles. The smallest absolute Gasteiger partial charge is 0.191 e. The Morgan fingerprint density at radius 1 is 1.16 bits per heavy atom. The van der Waals surface area contributed by atoms with Crippen LogP contribution in [-0.2, 0) is 11.2 Å². The molecule has 5 nitrogen and oxygen atoms in total. The number of fused-ring (bicyclic) bond motifs is 1. The third kappa shape index (κ3) is 5.18. The lowest BCUT2D eigenvalue weighted by Gasteiger charge is -2.30. The molecule has 3 aromatic rings. The van der Waals surface area contributed by atoms with E-state index in [4.69, 9.17) is 4.42 Å². The molecule has 2 aromatic heterocycles. The van der Waals surface area contributed by atoms with Crippen molar-refractivity contribution in [2.24, 2.45) is 5.92 Å². The Morgan fingerprint density at radius 2 is 1.97 bits per heavy atom. The van der Waals surface area contributed by atoms with Gasteiger partial charge < -0.3 is 9.73 Å². The zero-order valence-electron chi connectivity index (χ0n) is 18.2. The topological polar surface area (TPSA) is 68.0 Å². The fraction of sp³-hybridized carbons (Fsp3) is 0.480. The molecule has 0 amide bonds. The minimum absolute atomic E-state index is 0.0650. The number of Topliss-reactive ketones (excluding diaryl/α,β-unsaturated/α-hetero) is 1. The number of pyridine rings is 1. The van der Waals surface area contributed by atoms with Gasteiger partial charge in [0.25, 0.3) is 0 Å². The summed E-state index contributed by atoms with van der Waals surface area (Å²) >= 11 is 0. The molecule has 0 aliphatic heterocycles. The lowest BCUT2D eigenvalue weighted by atomic mass is 9.82. The Labute approximate surface area is 182 Å². The molecule has 0 radical (unpaired) electrons. The van der Waals surface area contributed by atoms with Gasteiger partial charge in [-0.3, -0.25) is 9.78 Å². The zero-order valence-corrected chi connectivity index (χ0v) is 18.2. The molecular formula is C25H30FN3O2. The maximum atomic E-state index is 13.0. The van der Waals surface area contributed by atoms with Crippen LogP contribution in [0, 0.1) is 12.8 Å². The number of nitrogens with zero attached hydrogens (tertiary/aromatic N) is 2. The van der Waals surface area contributed by atoms with E-state index in [0.29, 0.717) is 18.4 Å². The summed E-state index contributed by atoms with van der Waals surface area (Å²) in [5.41, 5.74) is 1.76. The highest BCUT2D eigenvalue weighted by Crippen LogP contribution is 2.28. The van der Waals surface area contributed by atoms with Gasteiger partial charge in [0.05, 0.1) is 6.20 Å². The molecule has 164 valence electrons. The van der Waals surface area contributed by atoms with Gasteiger partial charge in [-0.05, 0) is 49.6 Å². The number of nitrogens with one attached hydrogen (secondary N) is 1. The van der Waals surface area contributed by atoms with Crippen LogP contribution < -0.4 is 5.32 Å². The molecule has 1 unspecified atom stereocenters. The van der Waals surface area contributed by atoms with E-state index in [1.54, 1.807) is 6.20 Å². The maximum Gasteiger partial charge on any atom is 0.191 e. The summed E-state index contributed by atoms with van der Waals surface area (Å²) in [6.45, 7) is 3.49. The van der Waals surface area contributed by atoms with E-state index in [1.165, 1.54) is 0 Å². The van der Waals surface area contributed by atoms with Gasteiger partial charge >= 0.3 is 0 Å². The average molecular weight is 424 g/mol. The molecule has 31 heavy (non-hydrogen) atoms. The number of hydrogen-bond acceptors (Lipinski definition) is 5. The molecule has 0 spiro atoms. The summed E-state index contributed by atoms with van der Waals surface area (Å²) in [6.07, 6.45) is 8.28. The SMILES string of the molecule is CCC(CF)NC1CCC(C(=O)Cc2cc3cc(-c4cnc(C)o4)ccc3cn2)CC1. The second kappa shape index (κ2) is 9.69. The standard InChI is InChI=1S/C25H30FN3O2/c1-3-21(13-26)29-22-8-6-17(7-9-22)24(30)12-23-11-20-10-18(4-5-19(20)14-28-23)25-15-27-16(2)31-25/h4-5,10-11,14-15,17,21-22,29H,3,6-9,12-13H2,1-2H3. The van der Waals surface area contributed by atoms with Crippen molar-refractivity contribution in [3.63, 3.8) is 0 Å². The first kappa shape index (κ1) is 21.6. The van der Waals surface area contributed by atoms with Crippen molar-refractivity contribution >= 4 is 16.6 Å². The molecule has 1 aromatic carbocycles. The molecule has 1 fully saturated rings. The number of carbonyl (C=O) groups excluding carboxylic acids is 1. The maximum absolute atomic E-state index is 13.0. The Morgan fingerprint density at radius 3 is 2.65 bits per heavy atom. The summed E-state index contributed by atoms with van der Waals surface area (Å²) in [6, 6.07) is 8.31. The van der Waals surface area contributed by atoms with E-state index < -0.39 is 0 Å². The van der Waals surface area contributed by atoms with Gasteiger partial charge in [-0.2, -0.15) is 0 Å². The Hall–Kier alpha value is -2.60. The number of aryl methyl sites for hydroxylation is 1. The third-order valence-electron chi connectivity index (χ3n) is 6.37. The summed E-state index contributed by atoms with van der Waals surface area (Å²) in [5.74, 6) is 1.70. The van der Waals surface area contributed by atoms with Gasteiger partial charge in [0.15, 0.2) is 11.7 Å². The molecule has 0 saturated heterocycles. The molecule has 1 N–H and O–H groups in total. The van der Waals surface area contributed by atoms with Crippen LogP contribution in [0.25, 0.3) is 22.1 Å². The fourth-order valence-electron chi connectivity index (χ4n) is 4.44. The van der Waals surface area contributed by atoms with E-state index in [1.807, 2.05) is 38.2 Å². The van der Waals surface area contributed by atoms with Crippen LogP contribution in [0.15, 0.2) is 41.1 Å². The van der Waals surface area contributed by atoms with Crippen molar-refractivity contribution in [1.82, 2.24) is 15.3 Å². The number of benzene rings is 1. The van der Waals surface area contributed by atoms with Crippen LogP contribution in [0.3, 0.4) is 0 Å². The number of carbonyl (C=O) groups is 1. The Balaban J connectivity index is 1.39. The lowest BCUT2D eigenvalue weighted by Crippen LogP contribution is -2.42. The highest BCUT2D eigenvalue weighted by atomic mass is 19.1. The monoisotopic (exact) mass is 423 g/mol. The number of ketones is 1. The van der Waals surface area contributed by atoms with Gasteiger partial charge in [0, 0.05) is 54.2 Å². The summed E-state index contributed by atoms with van der Waals surface area (Å²) in [7, 11) is 0. The first-order chi connectivity index (χ1) is 15.1. The molecule has 2 heterocycles. The van der Waals surface area contributed by atoms with Crippen molar-refractivity contribution in [3.05, 3.63) is 48.2 Å². The van der Waals surface area contributed by atoms with Crippen LogP contribution in [0.5, 0.6) is 0 Å². The number of aromatic nitrogens is 2. The molecular weight excluding hydrogens is 393 g/mol. The van der Waals surface area contributed by atoms with Crippen molar-refractivity contribution in [3.8, 4) is 11.3 Å². The van der Waals surface area contributed by atoms with Gasteiger partial charge in [-0.15, -0.1) is 0 Å². The Kier molecular flexibility index (Phi) is 6.76. The van der Waals surface area contributed by atoms with Gasteiger partial charge in [0.2, 0.25) is 0 Å². The average Bonchev–Trinajstić information content (AvgIpc) is 3.23. The number of hydrogen-bond donors (Lipinski definition) is 1. The number of oxazole rings is 1. The van der Waals surface area contributed by atoms with Crippen molar-refractivity contribution < 1.29 is 13.6 Å². The first-order valence-electron chi connectivity index (χ1n) is 11.2. The van der Waals surface area contributed by atoms with Gasteiger partial charge in [-0.1, -0.05) is 19.1 Å². The lowest BCUT2D eigenvalue weighted by molar-refractivity contribution is -0.123. The van der Waals surface area contributed by atoms with Crippen LogP contribution >= 0.6 is 0 Å². The minimum atomic E-state index is -0.333. The predicted octanol–water partition coefficient (Wildman–Crippen LogP) is 5.21. The highest BCUT2D eigenvalue weighted by Gasteiger charge is 2.27. The predicted molar refractivity (Wildman–Crippen MR) is 120 cm³/mol. The number of halogens is 1. The van der Waals surface area contributed by atoms with Gasteiger partial charge in [0.1, 0.15) is 12.5 Å². The first-order valence-corrected chi connectivity index (χ1v) is 11.2. The Bertz CT molecular complexity index is 1040. The number of alkyl halides is 1. The van der Waals surface area contributed by atoms with Crippen molar-refractivity contribution in [2.75, 3.05) is 6.67 Å². The van der Waals surface area contributed by atoms with E-state index in [2.05, 4.69) is 21.4 Å². The van der Waals surface area contributed by atoms with E-state index >= 15 is 0 Å². The third-order valence-corrected chi connectivity index (χ3v) is 6.37. The molecule has 6 heteroatoms. The molecule has 1 aliphatic rings. The van der Waals surface area contributed by atoms with Crippen LogP contribution in [0.2, 0.25) is 0 Å². The second-order valence-corrected chi connectivity index (χ2v) is 8.60. The summed E-state index contributed by atoms with van der Waals surface area (Å²) in [4.78, 5) is 21.6. The zero-order chi connectivity index (χ0) is 21.8. The van der Waals surface area contributed by atoms with Gasteiger partial charge in [-0.25, -0.2) is 9.37 Å². The summed E-state index contributed by atoms with van der Waals surface area (Å²) in [5, 5.41) is 5.46. The molecule has 1 saturated carbocycles. The highest BCUT2D eigenvalue weighted by molar-refractivity contribution is 5.88. The molecule has 1 atom stereocenters. The van der Waals surface area contributed by atoms with E-state index in [0.717, 1.165) is 59.9 Å². The van der Waals surface area contributed by atoms with Crippen molar-refractivity contribution in [1.29, 1.82) is 0 Å². The van der Waals surface area contributed by atoms with Crippen molar-refractivity contribution in [2.45, 2.75) is 64.5 Å². The fourth-order valence-corrected chi connectivity index (χ4v) is 4.44. The largest absolute Gasteiger partial charge is 0.441 e. The molecule has 0 bridgehead atoms.